The molecule has 0 saturated carbocycles. The third-order valence-electron chi connectivity index (χ3n) is 0.409. The monoisotopic (exact) mass is 134 g/mol. The fraction of sp³-hybridized carbons (Fsp3) is 0.500. The summed E-state index contributed by atoms with van der Waals surface area (Å²) >= 11 is -2.17. The third kappa shape index (κ3) is 5.63. The second-order valence-corrected chi connectivity index (χ2v) is 1.58. The molecule has 1 unspecified atom stereocenters. The van der Waals surface area contributed by atoms with Gasteiger partial charge in [-0.25, -0.2) is 0 Å². The van der Waals surface area contributed by atoms with Crippen LogP contribution in [0.5, 0.6) is 0 Å². The van der Waals surface area contributed by atoms with Crippen molar-refractivity contribution < 1.29 is 12.9 Å². The molecular formula is C4H6O3S. The zero-order valence-corrected chi connectivity index (χ0v) is 5.20. The highest BCUT2D eigenvalue weighted by atomic mass is 32.2. The molecule has 8 heavy (non-hydrogen) atoms. The summed E-state index contributed by atoms with van der Waals surface area (Å²) in [5, 5.41) is 0. The van der Waals surface area contributed by atoms with Crippen LogP contribution < -0.4 is 0 Å². The standard InChI is InChI=1S/C4H6O3S/c1-2-3-4-7-8(5)6/h4H2,1H3,(H,5,6). The van der Waals surface area contributed by atoms with Crippen LogP contribution >= 0.6 is 0 Å². The van der Waals surface area contributed by atoms with Crippen molar-refractivity contribution in [2.45, 2.75) is 6.92 Å². The van der Waals surface area contributed by atoms with E-state index in [4.69, 9.17) is 4.55 Å². The summed E-state index contributed by atoms with van der Waals surface area (Å²) in [5.41, 5.74) is 0. The van der Waals surface area contributed by atoms with E-state index in [1.807, 2.05) is 0 Å². The second kappa shape index (κ2) is 4.78. The molecule has 3 nitrogen and oxygen atoms in total. The van der Waals surface area contributed by atoms with Gasteiger partial charge >= 0.3 is 11.4 Å². The predicted octanol–water partition coefficient (Wildman–Crippen LogP) is 0.163. The minimum atomic E-state index is -2.17. The smallest absolute Gasteiger partial charge is 0.284 e. The lowest BCUT2D eigenvalue weighted by atomic mass is 10.6. The largest absolute Gasteiger partial charge is 0.302 e. The summed E-state index contributed by atoms with van der Waals surface area (Å²) in [6, 6.07) is 0. The molecule has 0 rings (SSSR count). The Kier molecular flexibility index (Phi) is 4.56. The quantitative estimate of drug-likeness (QED) is 0.432. The first-order valence-electron chi connectivity index (χ1n) is 1.91. The molecule has 0 aromatic carbocycles. The molecule has 1 N–H and O–H groups in total. The molecule has 0 spiro atoms. The molecule has 0 amide bonds. The van der Waals surface area contributed by atoms with Gasteiger partial charge in [-0.05, 0) is 6.92 Å². The van der Waals surface area contributed by atoms with Crippen LogP contribution in [0.2, 0.25) is 0 Å². The fourth-order valence-electron chi connectivity index (χ4n) is 0.152. The van der Waals surface area contributed by atoms with Gasteiger partial charge in [-0.2, -0.15) is 4.21 Å². The zero-order valence-electron chi connectivity index (χ0n) is 4.38. The van der Waals surface area contributed by atoms with E-state index in [2.05, 4.69) is 16.0 Å². The molecule has 46 valence electrons. The Bertz CT molecular complexity index is 132. The molecule has 0 aromatic heterocycles. The second-order valence-electron chi connectivity index (χ2n) is 0.906. The first-order valence-corrected chi connectivity index (χ1v) is 2.94. The normalized spacial score (nSPS) is 11.8. The fourth-order valence-corrected chi connectivity index (χ4v) is 0.312. The maximum absolute atomic E-state index is 9.70. The van der Waals surface area contributed by atoms with Crippen molar-refractivity contribution in [3.8, 4) is 11.8 Å². The van der Waals surface area contributed by atoms with E-state index >= 15 is 0 Å². The van der Waals surface area contributed by atoms with Gasteiger partial charge in [0, 0.05) is 0 Å². The summed E-state index contributed by atoms with van der Waals surface area (Å²) in [6.45, 7) is 1.64. The lowest BCUT2D eigenvalue weighted by molar-refractivity contribution is 0.348. The van der Waals surface area contributed by atoms with Crippen molar-refractivity contribution >= 4 is 11.4 Å². The van der Waals surface area contributed by atoms with E-state index in [0.29, 0.717) is 0 Å². The van der Waals surface area contributed by atoms with E-state index in [1.54, 1.807) is 6.92 Å². The van der Waals surface area contributed by atoms with Crippen LogP contribution in [0.1, 0.15) is 6.92 Å². The molecule has 0 aliphatic carbocycles. The van der Waals surface area contributed by atoms with Gasteiger partial charge in [0.2, 0.25) is 0 Å². The van der Waals surface area contributed by atoms with Crippen LogP contribution in [0.4, 0.5) is 0 Å². The molecular weight excluding hydrogens is 128 g/mol. The van der Waals surface area contributed by atoms with E-state index < -0.39 is 11.4 Å². The van der Waals surface area contributed by atoms with Gasteiger partial charge in [-0.15, -0.1) is 5.92 Å². The Hall–Kier alpha value is -0.370. The Morgan fingerprint density at radius 1 is 1.88 bits per heavy atom. The average molecular weight is 134 g/mol. The number of rotatable bonds is 2. The minimum absolute atomic E-state index is 0.0135. The Morgan fingerprint density at radius 2 is 2.50 bits per heavy atom. The third-order valence-corrected chi connectivity index (χ3v) is 0.728. The highest BCUT2D eigenvalue weighted by molar-refractivity contribution is 7.74. The first kappa shape index (κ1) is 7.63. The Balaban J connectivity index is 3.14. The summed E-state index contributed by atoms with van der Waals surface area (Å²) in [4.78, 5) is 0. The molecule has 0 aliphatic rings. The van der Waals surface area contributed by atoms with Crippen molar-refractivity contribution in [1.82, 2.24) is 0 Å². The molecule has 0 heterocycles. The van der Waals surface area contributed by atoms with Gasteiger partial charge in [0.1, 0.15) is 6.61 Å². The van der Waals surface area contributed by atoms with Gasteiger partial charge in [0.05, 0.1) is 0 Å². The SMILES string of the molecule is CC#CCOS(=O)O. The summed E-state index contributed by atoms with van der Waals surface area (Å²) < 4.78 is 21.8. The van der Waals surface area contributed by atoms with Crippen LogP contribution in [-0.2, 0) is 15.5 Å². The molecule has 0 aliphatic heterocycles. The maximum atomic E-state index is 9.70. The first-order chi connectivity index (χ1) is 3.77. The molecule has 1 atom stereocenters. The van der Waals surface area contributed by atoms with Crippen molar-refractivity contribution in [1.29, 1.82) is 0 Å². The van der Waals surface area contributed by atoms with Gasteiger partial charge in [0.25, 0.3) is 0 Å². The van der Waals surface area contributed by atoms with Gasteiger partial charge in [0.15, 0.2) is 0 Å². The van der Waals surface area contributed by atoms with Crippen molar-refractivity contribution in [3.63, 3.8) is 0 Å². The van der Waals surface area contributed by atoms with Crippen molar-refractivity contribution in [3.05, 3.63) is 0 Å². The molecule has 0 aromatic rings. The van der Waals surface area contributed by atoms with E-state index in [9.17, 15) is 4.21 Å². The maximum Gasteiger partial charge on any atom is 0.302 e. The van der Waals surface area contributed by atoms with Crippen LogP contribution in [0.15, 0.2) is 0 Å². The number of hydrogen-bond donors (Lipinski definition) is 1. The van der Waals surface area contributed by atoms with Crippen LogP contribution in [0, 0.1) is 11.8 Å². The Labute approximate surface area is 50.5 Å². The molecule has 0 fully saturated rings. The highest BCUT2D eigenvalue weighted by Crippen LogP contribution is 1.74. The lowest BCUT2D eigenvalue weighted by Crippen LogP contribution is -1.93. The van der Waals surface area contributed by atoms with Gasteiger partial charge in [-0.3, -0.25) is 8.74 Å². The summed E-state index contributed by atoms with van der Waals surface area (Å²) in [6.07, 6.45) is 0. The van der Waals surface area contributed by atoms with E-state index in [1.165, 1.54) is 0 Å². The van der Waals surface area contributed by atoms with Crippen molar-refractivity contribution in [2.24, 2.45) is 0 Å². The zero-order chi connectivity index (χ0) is 6.41. The average Bonchev–Trinajstić information content (AvgIpc) is 1.66. The van der Waals surface area contributed by atoms with Gasteiger partial charge < -0.3 is 0 Å². The van der Waals surface area contributed by atoms with Crippen molar-refractivity contribution in [2.75, 3.05) is 6.61 Å². The van der Waals surface area contributed by atoms with Gasteiger partial charge in [-0.1, -0.05) is 5.92 Å². The van der Waals surface area contributed by atoms with E-state index in [0.717, 1.165) is 0 Å². The molecule has 0 saturated heterocycles. The van der Waals surface area contributed by atoms with Crippen LogP contribution in [-0.4, -0.2) is 15.4 Å². The Morgan fingerprint density at radius 3 is 2.88 bits per heavy atom. The van der Waals surface area contributed by atoms with Crippen LogP contribution in [0.25, 0.3) is 0 Å². The molecule has 0 radical (unpaired) electrons. The molecule has 0 bridgehead atoms. The molecule has 4 heteroatoms. The summed E-state index contributed by atoms with van der Waals surface area (Å²) in [7, 11) is 0. The lowest BCUT2D eigenvalue weighted by Gasteiger charge is -1.85. The van der Waals surface area contributed by atoms with E-state index in [-0.39, 0.29) is 6.61 Å². The minimum Gasteiger partial charge on any atom is -0.284 e. The number of hydrogen-bond acceptors (Lipinski definition) is 2. The summed E-state index contributed by atoms with van der Waals surface area (Å²) in [5.74, 6) is 4.96. The topological polar surface area (TPSA) is 46.5 Å². The van der Waals surface area contributed by atoms with Crippen LogP contribution in [0.3, 0.4) is 0 Å². The predicted molar refractivity (Wildman–Crippen MR) is 30.2 cm³/mol. The highest BCUT2D eigenvalue weighted by Gasteiger charge is 1.85.